The molecule has 0 N–H and O–H groups in total. The summed E-state index contributed by atoms with van der Waals surface area (Å²) in [4.78, 5) is 4.65. The number of para-hydroxylation sites is 2. The number of nitrogens with zero attached hydrogens (tertiary/aromatic N) is 3. The Kier molecular flexibility index (Phi) is 4.16. The first kappa shape index (κ1) is 13.5. The van der Waals surface area contributed by atoms with Gasteiger partial charge in [0.15, 0.2) is 0 Å². The maximum atomic E-state index is 5.86. The van der Waals surface area contributed by atoms with Crippen molar-refractivity contribution in [1.82, 2.24) is 9.78 Å². The van der Waals surface area contributed by atoms with Gasteiger partial charge in [-0.15, -0.1) is 0 Å². The molecule has 2 rings (SSSR count). The summed E-state index contributed by atoms with van der Waals surface area (Å²) < 4.78 is 7.63. The average molecular weight is 272 g/mol. The summed E-state index contributed by atoms with van der Waals surface area (Å²) in [7, 11) is 1.11. The normalized spacial score (nSPS) is 11.9. The van der Waals surface area contributed by atoms with Gasteiger partial charge in [-0.25, -0.2) is 4.99 Å². The highest BCUT2D eigenvalue weighted by atomic mass is 28.3. The standard InChI is InChI=1S/C14H18N3OSi/c1-11(12-9-15-17(2)10-12)16-13-7-5-6-8-14(13)18-19(3)4/h5-10H,1-4H3. The molecule has 5 heteroatoms. The first-order valence-corrected chi connectivity index (χ1v) is 8.58. The zero-order valence-electron chi connectivity index (χ0n) is 11.7. The van der Waals surface area contributed by atoms with Crippen molar-refractivity contribution in [3.8, 4) is 5.75 Å². The second-order valence-electron chi connectivity index (χ2n) is 4.58. The summed E-state index contributed by atoms with van der Waals surface area (Å²) in [5, 5.41) is 4.16. The summed E-state index contributed by atoms with van der Waals surface area (Å²) >= 11 is 0. The van der Waals surface area contributed by atoms with Crippen molar-refractivity contribution < 1.29 is 4.43 Å². The minimum atomic E-state index is -0.790. The number of rotatable bonds is 4. The molecule has 0 amide bonds. The van der Waals surface area contributed by atoms with Crippen LogP contribution in [0.5, 0.6) is 5.75 Å². The van der Waals surface area contributed by atoms with Gasteiger partial charge in [0.1, 0.15) is 11.4 Å². The highest BCUT2D eigenvalue weighted by Crippen LogP contribution is 2.28. The Morgan fingerprint density at radius 1 is 1.32 bits per heavy atom. The molecular weight excluding hydrogens is 254 g/mol. The first-order valence-electron chi connectivity index (χ1n) is 6.17. The molecule has 0 aliphatic heterocycles. The number of hydrogen-bond donors (Lipinski definition) is 0. The van der Waals surface area contributed by atoms with Crippen LogP contribution in [0.4, 0.5) is 5.69 Å². The molecule has 0 aliphatic rings. The molecule has 2 aromatic rings. The van der Waals surface area contributed by atoms with Gasteiger partial charge in [0, 0.05) is 24.5 Å². The molecule has 99 valence electrons. The highest BCUT2D eigenvalue weighted by Gasteiger charge is 2.07. The van der Waals surface area contributed by atoms with E-state index < -0.39 is 9.04 Å². The van der Waals surface area contributed by atoms with E-state index in [1.165, 1.54) is 0 Å². The van der Waals surface area contributed by atoms with E-state index in [0.717, 1.165) is 22.7 Å². The second-order valence-corrected chi connectivity index (χ2v) is 6.60. The van der Waals surface area contributed by atoms with Gasteiger partial charge in [-0.2, -0.15) is 5.10 Å². The van der Waals surface area contributed by atoms with Gasteiger partial charge in [0.05, 0.1) is 6.20 Å². The molecule has 1 heterocycles. The van der Waals surface area contributed by atoms with E-state index >= 15 is 0 Å². The second kappa shape index (κ2) is 5.84. The predicted octanol–water partition coefficient (Wildman–Crippen LogP) is 3.19. The monoisotopic (exact) mass is 272 g/mol. The van der Waals surface area contributed by atoms with Crippen molar-refractivity contribution >= 4 is 20.4 Å². The lowest BCUT2D eigenvalue weighted by atomic mass is 10.2. The number of aryl methyl sites for hydroxylation is 1. The zero-order valence-corrected chi connectivity index (χ0v) is 12.7. The van der Waals surface area contributed by atoms with Crippen molar-refractivity contribution in [2.45, 2.75) is 20.0 Å². The summed E-state index contributed by atoms with van der Waals surface area (Å²) in [6, 6.07) is 7.88. The Morgan fingerprint density at radius 2 is 2.05 bits per heavy atom. The molecule has 0 spiro atoms. The molecule has 0 saturated heterocycles. The van der Waals surface area contributed by atoms with Crippen LogP contribution in [-0.4, -0.2) is 24.5 Å². The van der Waals surface area contributed by atoms with Gasteiger partial charge in [-0.05, 0) is 32.2 Å². The number of hydrogen-bond acceptors (Lipinski definition) is 3. The van der Waals surface area contributed by atoms with E-state index in [9.17, 15) is 0 Å². The van der Waals surface area contributed by atoms with Crippen LogP contribution in [0.15, 0.2) is 41.7 Å². The number of aromatic nitrogens is 2. The van der Waals surface area contributed by atoms with Crippen LogP contribution in [0.1, 0.15) is 12.5 Å². The van der Waals surface area contributed by atoms with E-state index in [0.29, 0.717) is 0 Å². The van der Waals surface area contributed by atoms with E-state index in [-0.39, 0.29) is 0 Å². The molecule has 1 aromatic carbocycles. The van der Waals surface area contributed by atoms with Gasteiger partial charge >= 0.3 is 0 Å². The summed E-state index contributed by atoms with van der Waals surface area (Å²) in [6.45, 7) is 6.20. The van der Waals surface area contributed by atoms with Crippen LogP contribution < -0.4 is 4.43 Å². The quantitative estimate of drug-likeness (QED) is 0.633. The van der Waals surface area contributed by atoms with E-state index in [1.54, 1.807) is 4.68 Å². The van der Waals surface area contributed by atoms with Crippen molar-refractivity contribution in [1.29, 1.82) is 0 Å². The Morgan fingerprint density at radius 3 is 2.68 bits per heavy atom. The van der Waals surface area contributed by atoms with Crippen molar-refractivity contribution in [3.63, 3.8) is 0 Å². The van der Waals surface area contributed by atoms with Gasteiger partial charge in [0.2, 0.25) is 0 Å². The molecule has 1 radical (unpaired) electrons. The van der Waals surface area contributed by atoms with E-state index in [4.69, 9.17) is 4.43 Å². The average Bonchev–Trinajstić information content (AvgIpc) is 2.78. The fourth-order valence-electron chi connectivity index (χ4n) is 1.71. The van der Waals surface area contributed by atoms with Gasteiger partial charge in [0.25, 0.3) is 9.04 Å². The summed E-state index contributed by atoms with van der Waals surface area (Å²) in [5.41, 5.74) is 2.83. The van der Waals surface area contributed by atoms with Crippen LogP contribution in [0.3, 0.4) is 0 Å². The molecule has 1 aromatic heterocycles. The Labute approximate surface area is 115 Å². The van der Waals surface area contributed by atoms with Crippen LogP contribution in [0, 0.1) is 0 Å². The predicted molar refractivity (Wildman–Crippen MR) is 79.6 cm³/mol. The summed E-state index contributed by atoms with van der Waals surface area (Å²) in [6.07, 6.45) is 3.77. The minimum absolute atomic E-state index is 0.790. The maximum Gasteiger partial charge on any atom is 0.274 e. The largest absolute Gasteiger partial charge is 0.541 e. The number of benzene rings is 1. The third-order valence-electron chi connectivity index (χ3n) is 2.59. The molecule has 0 atom stereocenters. The summed E-state index contributed by atoms with van der Waals surface area (Å²) in [5.74, 6) is 0.852. The highest BCUT2D eigenvalue weighted by molar-refractivity contribution is 6.49. The molecule has 0 bridgehead atoms. The lowest BCUT2D eigenvalue weighted by molar-refractivity contribution is 0.582. The maximum absolute atomic E-state index is 5.86. The fraction of sp³-hybridized carbons (Fsp3) is 0.286. The fourth-order valence-corrected chi connectivity index (χ4v) is 2.32. The van der Waals surface area contributed by atoms with Crippen LogP contribution in [0.25, 0.3) is 0 Å². The van der Waals surface area contributed by atoms with E-state index in [1.807, 2.05) is 50.6 Å². The molecule has 0 saturated carbocycles. The van der Waals surface area contributed by atoms with Gasteiger partial charge < -0.3 is 4.43 Å². The van der Waals surface area contributed by atoms with Crippen molar-refractivity contribution in [2.24, 2.45) is 12.0 Å². The van der Waals surface area contributed by atoms with Gasteiger partial charge in [-0.3, -0.25) is 4.68 Å². The molecule has 19 heavy (non-hydrogen) atoms. The number of aliphatic imine (C=N–C) groups is 1. The van der Waals surface area contributed by atoms with Crippen LogP contribution in [0.2, 0.25) is 13.1 Å². The van der Waals surface area contributed by atoms with Crippen molar-refractivity contribution in [3.05, 3.63) is 42.2 Å². The lowest BCUT2D eigenvalue weighted by Crippen LogP contribution is -2.11. The third-order valence-corrected chi connectivity index (χ3v) is 3.22. The lowest BCUT2D eigenvalue weighted by Gasteiger charge is -2.11. The van der Waals surface area contributed by atoms with Crippen LogP contribution in [-0.2, 0) is 7.05 Å². The Hall–Kier alpha value is -1.88. The third kappa shape index (κ3) is 3.54. The molecule has 0 fully saturated rings. The molecular formula is C14H18N3OSi. The topological polar surface area (TPSA) is 39.4 Å². The first-order chi connectivity index (χ1) is 9.06. The Bertz CT molecular complexity index is 590. The molecule has 4 nitrogen and oxygen atoms in total. The zero-order chi connectivity index (χ0) is 13.8. The van der Waals surface area contributed by atoms with Crippen LogP contribution >= 0.6 is 0 Å². The molecule has 0 aliphatic carbocycles. The molecule has 0 unspecified atom stereocenters. The van der Waals surface area contributed by atoms with Crippen molar-refractivity contribution in [2.75, 3.05) is 0 Å². The Balaban J connectivity index is 2.31. The minimum Gasteiger partial charge on any atom is -0.541 e. The van der Waals surface area contributed by atoms with E-state index in [2.05, 4.69) is 23.2 Å². The smallest absolute Gasteiger partial charge is 0.274 e. The van der Waals surface area contributed by atoms with Gasteiger partial charge in [-0.1, -0.05) is 12.1 Å². The SMILES string of the molecule is CC(=Nc1ccccc1O[Si](C)C)c1cnn(C)c1.